The molecule has 0 fully saturated rings. The van der Waals surface area contributed by atoms with Crippen molar-refractivity contribution in [3.05, 3.63) is 53.5 Å². The molecular formula is C16H12FN3S. The van der Waals surface area contributed by atoms with E-state index in [1.807, 2.05) is 18.2 Å². The van der Waals surface area contributed by atoms with Gasteiger partial charge >= 0.3 is 0 Å². The molecule has 3 nitrogen and oxygen atoms in total. The van der Waals surface area contributed by atoms with E-state index >= 15 is 0 Å². The van der Waals surface area contributed by atoms with E-state index in [0.717, 1.165) is 33.7 Å². The third kappa shape index (κ3) is 1.96. The minimum atomic E-state index is -0.237. The topological polar surface area (TPSA) is 51.8 Å². The van der Waals surface area contributed by atoms with Crippen molar-refractivity contribution in [2.24, 2.45) is 0 Å². The molecule has 0 bridgehead atoms. The molecule has 21 heavy (non-hydrogen) atoms. The first kappa shape index (κ1) is 12.6. The lowest BCUT2D eigenvalue weighted by atomic mass is 10.0. The van der Waals surface area contributed by atoms with Crippen molar-refractivity contribution in [3.8, 4) is 11.4 Å². The normalized spacial score (nSPS) is 13.6. The Balaban J connectivity index is 1.99. The Bertz CT molecular complexity index is 864. The van der Waals surface area contributed by atoms with Crippen LogP contribution in [0.15, 0.2) is 36.4 Å². The van der Waals surface area contributed by atoms with Crippen molar-refractivity contribution < 1.29 is 4.39 Å². The molecule has 0 aliphatic carbocycles. The molecule has 2 aromatic carbocycles. The van der Waals surface area contributed by atoms with Crippen molar-refractivity contribution in [1.29, 1.82) is 0 Å². The Labute approximate surface area is 125 Å². The number of aromatic nitrogens is 2. The van der Waals surface area contributed by atoms with E-state index in [4.69, 9.17) is 5.73 Å². The summed E-state index contributed by atoms with van der Waals surface area (Å²) in [6.45, 7) is 0. The van der Waals surface area contributed by atoms with Gasteiger partial charge in [0, 0.05) is 28.0 Å². The molecule has 5 heteroatoms. The third-order valence-electron chi connectivity index (χ3n) is 3.72. The molecule has 0 spiro atoms. The van der Waals surface area contributed by atoms with Gasteiger partial charge in [0.2, 0.25) is 0 Å². The number of nitrogens with zero attached hydrogens (tertiary/aromatic N) is 2. The Hall–Kier alpha value is -2.14. The fourth-order valence-corrected chi connectivity index (χ4v) is 3.71. The third-order valence-corrected chi connectivity index (χ3v) is 4.69. The molecule has 1 aliphatic heterocycles. The van der Waals surface area contributed by atoms with Crippen molar-refractivity contribution in [3.63, 3.8) is 0 Å². The van der Waals surface area contributed by atoms with Gasteiger partial charge in [0.25, 0.3) is 0 Å². The van der Waals surface area contributed by atoms with Crippen LogP contribution in [0.3, 0.4) is 0 Å². The average Bonchev–Trinajstić information content (AvgIpc) is 2.97. The van der Waals surface area contributed by atoms with Gasteiger partial charge in [-0.2, -0.15) is 11.8 Å². The summed E-state index contributed by atoms with van der Waals surface area (Å²) in [7, 11) is 0. The number of benzene rings is 2. The summed E-state index contributed by atoms with van der Waals surface area (Å²) in [5, 5.41) is 1.38. The van der Waals surface area contributed by atoms with Crippen LogP contribution < -0.4 is 5.73 Å². The summed E-state index contributed by atoms with van der Waals surface area (Å²) in [6, 6.07) is 10.5. The molecule has 3 aromatic rings. The molecule has 0 saturated heterocycles. The molecule has 0 saturated carbocycles. The van der Waals surface area contributed by atoms with E-state index in [9.17, 15) is 4.39 Å². The minimum absolute atomic E-state index is 0.237. The van der Waals surface area contributed by atoms with Crippen LogP contribution in [-0.4, -0.2) is 9.97 Å². The zero-order chi connectivity index (χ0) is 14.4. The highest BCUT2D eigenvalue weighted by molar-refractivity contribution is 7.98. The summed E-state index contributed by atoms with van der Waals surface area (Å²) < 4.78 is 13.9. The molecule has 2 heterocycles. The van der Waals surface area contributed by atoms with Crippen LogP contribution in [-0.2, 0) is 11.5 Å². The van der Waals surface area contributed by atoms with Crippen molar-refractivity contribution in [2.45, 2.75) is 11.5 Å². The van der Waals surface area contributed by atoms with E-state index in [1.54, 1.807) is 23.9 Å². The van der Waals surface area contributed by atoms with Gasteiger partial charge in [-0.15, -0.1) is 0 Å². The van der Waals surface area contributed by atoms with Crippen LogP contribution in [0.4, 0.5) is 10.2 Å². The number of anilines is 1. The lowest BCUT2D eigenvalue weighted by molar-refractivity contribution is 0.640. The zero-order valence-electron chi connectivity index (χ0n) is 11.1. The van der Waals surface area contributed by atoms with Crippen molar-refractivity contribution in [2.75, 3.05) is 5.73 Å². The maximum Gasteiger partial charge on any atom is 0.162 e. The standard InChI is InChI=1S/C16H12FN3S/c17-13-6-5-11(9-3-1-2-4-10(9)13)16-19-14-8-21-7-12(14)15(18)20-16/h1-6H,7-8H2,(H2,18,19,20). The molecule has 0 atom stereocenters. The molecule has 104 valence electrons. The fourth-order valence-electron chi connectivity index (χ4n) is 2.65. The Kier molecular flexibility index (Phi) is 2.82. The van der Waals surface area contributed by atoms with E-state index in [2.05, 4.69) is 9.97 Å². The van der Waals surface area contributed by atoms with Gasteiger partial charge in [-0.25, -0.2) is 14.4 Å². The number of nitrogens with two attached hydrogens (primary N) is 1. The maximum absolute atomic E-state index is 13.9. The SMILES string of the molecule is Nc1nc(-c2ccc(F)c3ccccc23)nc2c1CSC2. The summed E-state index contributed by atoms with van der Waals surface area (Å²) >= 11 is 1.78. The molecule has 1 aliphatic rings. The maximum atomic E-state index is 13.9. The number of hydrogen-bond donors (Lipinski definition) is 1. The second-order valence-electron chi connectivity index (χ2n) is 4.99. The number of hydrogen-bond acceptors (Lipinski definition) is 4. The second kappa shape index (κ2) is 4.70. The van der Waals surface area contributed by atoms with Crippen molar-refractivity contribution in [1.82, 2.24) is 9.97 Å². The predicted molar refractivity (Wildman–Crippen MR) is 84.3 cm³/mol. The predicted octanol–water partition coefficient (Wildman–Crippen LogP) is 3.76. The average molecular weight is 297 g/mol. The molecule has 0 radical (unpaired) electrons. The number of halogens is 1. The lowest BCUT2D eigenvalue weighted by Crippen LogP contribution is -2.03. The summed E-state index contributed by atoms with van der Waals surface area (Å²) in [5.41, 5.74) is 8.90. The van der Waals surface area contributed by atoms with Gasteiger partial charge in [-0.3, -0.25) is 0 Å². The molecule has 0 unspecified atom stereocenters. The molecule has 0 amide bonds. The van der Waals surface area contributed by atoms with Crippen LogP contribution in [0.5, 0.6) is 0 Å². The minimum Gasteiger partial charge on any atom is -0.383 e. The van der Waals surface area contributed by atoms with Crippen LogP contribution in [0.1, 0.15) is 11.3 Å². The smallest absolute Gasteiger partial charge is 0.162 e. The summed E-state index contributed by atoms with van der Waals surface area (Å²) in [4.78, 5) is 9.06. The summed E-state index contributed by atoms with van der Waals surface area (Å²) in [5.74, 6) is 2.59. The van der Waals surface area contributed by atoms with Gasteiger partial charge in [-0.05, 0) is 17.5 Å². The highest BCUT2D eigenvalue weighted by Crippen LogP contribution is 2.35. The fraction of sp³-hybridized carbons (Fsp3) is 0.125. The quantitative estimate of drug-likeness (QED) is 0.743. The van der Waals surface area contributed by atoms with Crippen LogP contribution in [0, 0.1) is 5.82 Å². The largest absolute Gasteiger partial charge is 0.383 e. The molecule has 4 rings (SSSR count). The van der Waals surface area contributed by atoms with Gasteiger partial charge in [-0.1, -0.05) is 24.3 Å². The Morgan fingerprint density at radius 1 is 1.00 bits per heavy atom. The van der Waals surface area contributed by atoms with E-state index in [0.29, 0.717) is 17.0 Å². The van der Waals surface area contributed by atoms with Gasteiger partial charge in [0.05, 0.1) is 5.69 Å². The van der Waals surface area contributed by atoms with Gasteiger partial charge in [0.15, 0.2) is 5.82 Å². The first-order valence-electron chi connectivity index (χ1n) is 6.64. The first-order valence-corrected chi connectivity index (χ1v) is 7.80. The van der Waals surface area contributed by atoms with E-state index < -0.39 is 0 Å². The van der Waals surface area contributed by atoms with E-state index in [1.165, 1.54) is 6.07 Å². The van der Waals surface area contributed by atoms with Crippen LogP contribution in [0.25, 0.3) is 22.2 Å². The highest BCUT2D eigenvalue weighted by atomic mass is 32.2. The first-order chi connectivity index (χ1) is 10.2. The number of rotatable bonds is 1. The van der Waals surface area contributed by atoms with Crippen LogP contribution >= 0.6 is 11.8 Å². The summed E-state index contributed by atoms with van der Waals surface area (Å²) in [6.07, 6.45) is 0. The highest BCUT2D eigenvalue weighted by Gasteiger charge is 2.19. The van der Waals surface area contributed by atoms with Gasteiger partial charge in [0.1, 0.15) is 11.6 Å². The second-order valence-corrected chi connectivity index (χ2v) is 5.98. The zero-order valence-corrected chi connectivity index (χ0v) is 12.0. The number of nitrogen functional groups attached to an aromatic ring is 1. The molecule has 2 N–H and O–H groups in total. The number of fused-ring (bicyclic) bond motifs is 2. The number of thioether (sulfide) groups is 1. The van der Waals surface area contributed by atoms with Crippen LogP contribution in [0.2, 0.25) is 0 Å². The van der Waals surface area contributed by atoms with Crippen molar-refractivity contribution >= 4 is 28.4 Å². The van der Waals surface area contributed by atoms with E-state index in [-0.39, 0.29) is 5.82 Å². The van der Waals surface area contributed by atoms with Gasteiger partial charge < -0.3 is 5.73 Å². The molecular weight excluding hydrogens is 285 g/mol. The lowest BCUT2D eigenvalue weighted by Gasteiger charge is -2.09. The Morgan fingerprint density at radius 3 is 2.67 bits per heavy atom. The Morgan fingerprint density at radius 2 is 1.81 bits per heavy atom. The molecule has 1 aromatic heterocycles. The monoisotopic (exact) mass is 297 g/mol.